The number of alkyl carbamates (subject to hydrolysis) is 1. The fourth-order valence-electron chi connectivity index (χ4n) is 2.69. The molecule has 0 spiro atoms. The van der Waals surface area contributed by atoms with Crippen LogP contribution in [-0.2, 0) is 9.53 Å². The van der Waals surface area contributed by atoms with Crippen molar-refractivity contribution in [2.24, 2.45) is 0 Å². The Hall–Kier alpha value is -2.29. The molecule has 1 rings (SSSR count). The Morgan fingerprint density at radius 3 is 2.17 bits per heavy atom. The van der Waals surface area contributed by atoms with Crippen molar-refractivity contribution < 1.29 is 32.6 Å². The molecule has 0 radical (unpaired) electrons. The van der Waals surface area contributed by atoms with Crippen LogP contribution in [0.5, 0.6) is 0 Å². The van der Waals surface area contributed by atoms with Gasteiger partial charge in [-0.05, 0) is 32.8 Å². The highest BCUT2D eigenvalue weighted by molar-refractivity contribution is 5.82. The van der Waals surface area contributed by atoms with Crippen molar-refractivity contribution >= 4 is 12.0 Å². The number of amides is 2. The van der Waals surface area contributed by atoms with Crippen molar-refractivity contribution in [3.05, 3.63) is 35.9 Å². The predicted octanol–water partition coefficient (Wildman–Crippen LogP) is 3.85. The van der Waals surface area contributed by atoms with Gasteiger partial charge in [0.15, 0.2) is 6.10 Å². The molecule has 0 fully saturated rings. The van der Waals surface area contributed by atoms with Crippen LogP contribution in [0.3, 0.4) is 0 Å². The Kier molecular flexibility index (Phi) is 8.94. The van der Waals surface area contributed by atoms with Gasteiger partial charge in [0.05, 0.1) is 18.5 Å². The number of aliphatic hydroxyl groups is 1. The third-order valence-corrected chi connectivity index (χ3v) is 3.90. The topological polar surface area (TPSA) is 87.7 Å². The number of halogens is 3. The van der Waals surface area contributed by atoms with Crippen LogP contribution >= 0.6 is 0 Å². The number of hydrogen-bond acceptors (Lipinski definition) is 4. The zero-order chi connectivity index (χ0) is 22.2. The molecule has 9 heteroatoms. The molecule has 2 unspecified atom stereocenters. The predicted molar refractivity (Wildman–Crippen MR) is 102 cm³/mol. The molecule has 0 aliphatic carbocycles. The zero-order valence-electron chi connectivity index (χ0n) is 17.0. The molecule has 0 saturated heterocycles. The van der Waals surface area contributed by atoms with E-state index in [4.69, 9.17) is 4.74 Å². The molecule has 3 N–H and O–H groups in total. The van der Waals surface area contributed by atoms with Gasteiger partial charge in [0.1, 0.15) is 5.60 Å². The van der Waals surface area contributed by atoms with Crippen LogP contribution in [0.25, 0.3) is 0 Å². The lowest BCUT2D eigenvalue weighted by atomic mass is 10.0. The minimum Gasteiger partial charge on any atom is -0.444 e. The lowest BCUT2D eigenvalue weighted by molar-refractivity contribution is -0.151. The van der Waals surface area contributed by atoms with Crippen LogP contribution < -0.4 is 10.6 Å². The van der Waals surface area contributed by atoms with Gasteiger partial charge in [-0.3, -0.25) is 4.79 Å². The summed E-state index contributed by atoms with van der Waals surface area (Å²) in [6.45, 7) is 6.53. The monoisotopic (exact) mass is 418 g/mol. The fraction of sp³-hybridized carbons (Fsp3) is 0.600. The van der Waals surface area contributed by atoms with E-state index in [0.29, 0.717) is 12.8 Å². The first-order chi connectivity index (χ1) is 13.3. The Morgan fingerprint density at radius 1 is 1.10 bits per heavy atom. The molecule has 0 bridgehead atoms. The maximum atomic E-state index is 12.9. The van der Waals surface area contributed by atoms with Gasteiger partial charge in [-0.1, -0.05) is 43.7 Å². The normalized spacial score (nSPS) is 15.2. The largest absolute Gasteiger partial charge is 0.444 e. The molecule has 1 aromatic carbocycles. The second-order valence-corrected chi connectivity index (χ2v) is 7.78. The molecular formula is C20H29F3N2O4. The highest BCUT2D eigenvalue weighted by atomic mass is 19.4. The molecule has 0 aliphatic rings. The van der Waals surface area contributed by atoms with E-state index in [9.17, 15) is 27.9 Å². The summed E-state index contributed by atoms with van der Waals surface area (Å²) in [5.74, 6) is -1.00. The first-order valence-electron chi connectivity index (χ1n) is 9.42. The summed E-state index contributed by atoms with van der Waals surface area (Å²) in [4.78, 5) is 24.4. The first kappa shape index (κ1) is 24.7. The van der Waals surface area contributed by atoms with E-state index in [0.717, 1.165) is 5.56 Å². The molecule has 3 atom stereocenters. The van der Waals surface area contributed by atoms with E-state index in [1.54, 1.807) is 51.1 Å². The highest BCUT2D eigenvalue weighted by Gasteiger charge is 2.39. The number of ether oxygens (including phenoxy) is 1. The third kappa shape index (κ3) is 9.65. The summed E-state index contributed by atoms with van der Waals surface area (Å²) in [6, 6.07) is 6.54. The number of hydrogen-bond donors (Lipinski definition) is 3. The van der Waals surface area contributed by atoms with Gasteiger partial charge < -0.3 is 20.5 Å². The van der Waals surface area contributed by atoms with Gasteiger partial charge in [0.2, 0.25) is 0 Å². The van der Waals surface area contributed by atoms with Gasteiger partial charge in [0, 0.05) is 0 Å². The second kappa shape index (κ2) is 10.5. The maximum absolute atomic E-state index is 12.9. The van der Waals surface area contributed by atoms with Crippen molar-refractivity contribution in [3.8, 4) is 0 Å². The summed E-state index contributed by atoms with van der Waals surface area (Å²) in [5, 5.41) is 14.8. The number of benzene rings is 1. The van der Waals surface area contributed by atoms with Gasteiger partial charge in [-0.25, -0.2) is 4.79 Å². The molecule has 0 aromatic heterocycles. The Morgan fingerprint density at radius 2 is 1.69 bits per heavy atom. The van der Waals surface area contributed by atoms with Crippen LogP contribution in [0.4, 0.5) is 18.0 Å². The summed E-state index contributed by atoms with van der Waals surface area (Å²) < 4.78 is 43.7. The van der Waals surface area contributed by atoms with E-state index in [1.165, 1.54) is 0 Å². The lowest BCUT2D eigenvalue weighted by Crippen LogP contribution is -2.53. The summed E-state index contributed by atoms with van der Waals surface area (Å²) in [5.41, 5.74) is -0.179. The van der Waals surface area contributed by atoms with Crippen molar-refractivity contribution in [1.29, 1.82) is 0 Å². The average molecular weight is 418 g/mol. The molecule has 0 heterocycles. The maximum Gasteiger partial charge on any atom is 0.407 e. The van der Waals surface area contributed by atoms with E-state index in [1.807, 2.05) is 12.2 Å². The number of aliphatic hydroxyl groups excluding tert-OH is 1. The first-order valence-corrected chi connectivity index (χ1v) is 9.42. The Bertz CT molecular complexity index is 660. The average Bonchev–Trinajstić information content (AvgIpc) is 2.58. The van der Waals surface area contributed by atoms with Crippen LogP contribution in [0.15, 0.2) is 30.3 Å². The van der Waals surface area contributed by atoms with Crippen LogP contribution in [-0.4, -0.2) is 41.0 Å². The number of alkyl halides is 3. The van der Waals surface area contributed by atoms with Gasteiger partial charge in [-0.2, -0.15) is 13.2 Å². The fourth-order valence-corrected chi connectivity index (χ4v) is 2.69. The third-order valence-electron chi connectivity index (χ3n) is 3.90. The highest BCUT2D eigenvalue weighted by Crippen LogP contribution is 2.24. The number of rotatable bonds is 8. The van der Waals surface area contributed by atoms with Gasteiger partial charge in [-0.15, -0.1) is 0 Å². The zero-order valence-corrected chi connectivity index (χ0v) is 17.0. The van der Waals surface area contributed by atoms with Crippen molar-refractivity contribution in [2.45, 2.75) is 76.9 Å². The summed E-state index contributed by atoms with van der Waals surface area (Å²) in [7, 11) is 0. The van der Waals surface area contributed by atoms with Crippen molar-refractivity contribution in [3.63, 3.8) is 0 Å². The Labute approximate surface area is 168 Å². The quantitative estimate of drug-likeness (QED) is 0.598. The van der Waals surface area contributed by atoms with Crippen molar-refractivity contribution in [1.82, 2.24) is 10.6 Å². The van der Waals surface area contributed by atoms with E-state index >= 15 is 0 Å². The van der Waals surface area contributed by atoms with E-state index in [-0.39, 0.29) is 0 Å². The van der Waals surface area contributed by atoms with Crippen LogP contribution in [0.2, 0.25) is 0 Å². The molecule has 164 valence electrons. The number of carbonyl (C=O) groups excluding carboxylic acids is 2. The SMILES string of the molecule is CCC[C@H](NC(=O)C(O)C(CC(F)(F)F)NC(=O)OC(C)(C)C)c1ccccc1. The van der Waals surface area contributed by atoms with Gasteiger partial charge in [0.25, 0.3) is 5.91 Å². The van der Waals surface area contributed by atoms with Crippen LogP contribution in [0.1, 0.15) is 58.6 Å². The second-order valence-electron chi connectivity index (χ2n) is 7.78. The molecular weight excluding hydrogens is 389 g/mol. The van der Waals surface area contributed by atoms with Crippen molar-refractivity contribution in [2.75, 3.05) is 0 Å². The standard InChI is InChI=1S/C20H29F3N2O4/c1-5-9-14(13-10-7-6-8-11-13)24-17(27)16(26)15(12-20(21,22)23)25-18(28)29-19(2,3)4/h6-8,10-11,14-16,26H,5,9,12H2,1-4H3,(H,24,27)(H,25,28)/t14-,15?,16?/m0/s1. The van der Waals surface area contributed by atoms with E-state index in [2.05, 4.69) is 5.32 Å². The molecule has 2 amide bonds. The smallest absolute Gasteiger partial charge is 0.407 e. The minimum atomic E-state index is -4.71. The Balaban J connectivity index is 2.93. The molecule has 29 heavy (non-hydrogen) atoms. The van der Waals surface area contributed by atoms with Gasteiger partial charge >= 0.3 is 12.3 Å². The minimum absolute atomic E-state index is 0.476. The van der Waals surface area contributed by atoms with Crippen LogP contribution in [0, 0.1) is 0 Å². The summed E-state index contributed by atoms with van der Waals surface area (Å²) in [6.07, 6.45) is -8.29. The van der Waals surface area contributed by atoms with E-state index < -0.39 is 48.4 Å². The molecule has 0 aliphatic heterocycles. The number of nitrogens with one attached hydrogen (secondary N) is 2. The summed E-state index contributed by atoms with van der Waals surface area (Å²) >= 11 is 0. The lowest BCUT2D eigenvalue weighted by Gasteiger charge is -2.28. The molecule has 1 aromatic rings. The molecule has 6 nitrogen and oxygen atoms in total. The molecule has 0 saturated carbocycles. The number of carbonyl (C=O) groups is 2.